The van der Waals surface area contributed by atoms with Crippen LogP contribution in [0.15, 0.2) is 51.2 Å². The molecule has 2 aromatic heterocycles. The molecule has 3 unspecified atom stereocenters. The third-order valence-electron chi connectivity index (χ3n) is 5.29. The van der Waals surface area contributed by atoms with Gasteiger partial charge in [0.1, 0.15) is 32.0 Å². The van der Waals surface area contributed by atoms with Gasteiger partial charge in [-0.1, -0.05) is 17.3 Å². The van der Waals surface area contributed by atoms with Gasteiger partial charge in [-0.05, 0) is 44.9 Å². The molecule has 2 heterocycles. The molecule has 3 aromatic rings. The van der Waals surface area contributed by atoms with Crippen molar-refractivity contribution in [1.82, 2.24) is 9.88 Å². The molecule has 3 atom stereocenters. The number of halogens is 3. The van der Waals surface area contributed by atoms with Crippen molar-refractivity contribution in [2.24, 2.45) is 0 Å². The van der Waals surface area contributed by atoms with E-state index in [1.54, 1.807) is 26.8 Å². The van der Waals surface area contributed by atoms with E-state index in [9.17, 15) is 32.3 Å². The summed E-state index contributed by atoms with van der Waals surface area (Å²) >= 11 is 0.921. The van der Waals surface area contributed by atoms with Gasteiger partial charge in [-0.2, -0.15) is 13.2 Å². The van der Waals surface area contributed by atoms with Gasteiger partial charge in [0.25, 0.3) is 5.69 Å². The Labute approximate surface area is 209 Å². The van der Waals surface area contributed by atoms with E-state index in [2.05, 4.69) is 14.4 Å². The number of nitro benzene ring substituents is 1. The summed E-state index contributed by atoms with van der Waals surface area (Å²) < 4.78 is 64.6. The maximum Gasteiger partial charge on any atom is 0.452 e. The van der Waals surface area contributed by atoms with Crippen LogP contribution in [-0.2, 0) is 26.7 Å². The molecule has 0 aliphatic heterocycles. The van der Waals surface area contributed by atoms with E-state index < -0.39 is 50.9 Å². The summed E-state index contributed by atoms with van der Waals surface area (Å²) in [6, 6.07) is 9.46. The Morgan fingerprint density at radius 2 is 2.00 bits per heavy atom. The summed E-state index contributed by atoms with van der Waals surface area (Å²) in [6.07, 6.45) is -4.51. The summed E-state index contributed by atoms with van der Waals surface area (Å²) in [5.74, 6) is -2.46. The molecule has 36 heavy (non-hydrogen) atoms. The highest BCUT2D eigenvalue weighted by Crippen LogP contribution is 2.53. The van der Waals surface area contributed by atoms with Crippen LogP contribution in [0, 0.1) is 10.1 Å². The van der Waals surface area contributed by atoms with Crippen LogP contribution < -0.4 is 4.72 Å². The highest BCUT2D eigenvalue weighted by atomic mass is 32.2. The van der Waals surface area contributed by atoms with Gasteiger partial charge in [0.2, 0.25) is 5.76 Å². The molecule has 0 bridgehead atoms. The highest BCUT2D eigenvalue weighted by Gasteiger charge is 2.63. The van der Waals surface area contributed by atoms with Crippen molar-refractivity contribution in [3.8, 4) is 10.6 Å². The number of hydrogen-bond acceptors (Lipinski definition) is 8. The molecule has 1 N–H and O–H groups in total. The van der Waals surface area contributed by atoms with Crippen LogP contribution in [0.3, 0.4) is 0 Å². The number of rotatable bonds is 7. The molecule has 1 aliphatic rings. The van der Waals surface area contributed by atoms with Crippen molar-refractivity contribution in [2.75, 3.05) is 0 Å². The van der Waals surface area contributed by atoms with Crippen LogP contribution in [0.4, 0.5) is 18.9 Å². The summed E-state index contributed by atoms with van der Waals surface area (Å²) in [5, 5.41) is 14.6. The molecule has 9 nitrogen and oxygen atoms in total. The first-order chi connectivity index (χ1) is 16.7. The van der Waals surface area contributed by atoms with Gasteiger partial charge in [0, 0.05) is 24.1 Å². The molecule has 0 saturated heterocycles. The first-order valence-electron chi connectivity index (χ1n) is 10.5. The number of nitrogens with zero attached hydrogens (tertiary/aromatic N) is 2. The number of alkyl halides is 3. The van der Waals surface area contributed by atoms with Crippen molar-refractivity contribution in [2.45, 2.75) is 54.6 Å². The molecule has 1 fully saturated rings. The molecule has 4 rings (SSSR count). The SMILES string of the molecule is CC(C)(C)OC(=O)C1(NS(=O)c2ccc(-c3cc(C(F)(F)F)on3)s2)CC1c1cccc([N+](=O)[O-])c1. The van der Waals surface area contributed by atoms with E-state index in [-0.39, 0.29) is 26.9 Å². The fourth-order valence-electron chi connectivity index (χ4n) is 3.57. The lowest BCUT2D eigenvalue weighted by Gasteiger charge is -2.25. The molecule has 1 saturated carbocycles. The summed E-state index contributed by atoms with van der Waals surface area (Å²) in [5.41, 5.74) is -1.96. The minimum absolute atomic E-state index is 0.0710. The smallest absolute Gasteiger partial charge is 0.452 e. The Balaban J connectivity index is 1.59. The fourth-order valence-corrected chi connectivity index (χ4v) is 5.89. The number of esters is 1. The molecule has 192 valence electrons. The number of carbonyl (C=O) groups is 1. The average Bonchev–Trinajstić information content (AvgIpc) is 3.13. The first kappa shape index (κ1) is 26.0. The third-order valence-corrected chi connectivity index (χ3v) is 7.95. The lowest BCUT2D eigenvalue weighted by molar-refractivity contribution is -0.384. The monoisotopic (exact) mass is 543 g/mol. The first-order valence-corrected chi connectivity index (χ1v) is 12.5. The van der Waals surface area contributed by atoms with Gasteiger partial charge in [0.05, 0.1) is 9.80 Å². The quantitative estimate of drug-likeness (QED) is 0.246. The number of thiophene rings is 1. The molecule has 0 radical (unpaired) electrons. The summed E-state index contributed by atoms with van der Waals surface area (Å²) in [6.45, 7) is 5.04. The zero-order valence-corrected chi connectivity index (χ0v) is 20.8. The van der Waals surface area contributed by atoms with Crippen LogP contribution >= 0.6 is 11.3 Å². The number of nitrogens with one attached hydrogen (secondary N) is 1. The normalized spacial score (nSPS) is 20.7. The van der Waals surface area contributed by atoms with Crippen molar-refractivity contribution in [3.05, 3.63) is 63.9 Å². The number of hydrogen-bond donors (Lipinski definition) is 1. The van der Waals surface area contributed by atoms with Crippen LogP contribution in [0.1, 0.15) is 44.4 Å². The van der Waals surface area contributed by atoms with Crippen LogP contribution in [-0.4, -0.2) is 31.4 Å². The predicted molar refractivity (Wildman–Crippen MR) is 123 cm³/mol. The maximum absolute atomic E-state index is 13.2. The fraction of sp³-hybridized carbons (Fsp3) is 0.364. The Kier molecular flexibility index (Phi) is 6.56. The van der Waals surface area contributed by atoms with Crippen molar-refractivity contribution < 1.29 is 36.4 Å². The molecule has 1 aromatic carbocycles. The molecular formula is C22H20F3N3O6S2. The Morgan fingerprint density at radius 1 is 1.28 bits per heavy atom. The van der Waals surface area contributed by atoms with Crippen molar-refractivity contribution in [1.29, 1.82) is 0 Å². The number of carbonyl (C=O) groups excluding carboxylic acids is 1. The highest BCUT2D eigenvalue weighted by molar-refractivity contribution is 7.85. The Bertz CT molecular complexity index is 1350. The number of ether oxygens (including phenoxy) is 1. The summed E-state index contributed by atoms with van der Waals surface area (Å²) in [4.78, 5) is 24.1. The van der Waals surface area contributed by atoms with E-state index in [1.807, 2.05) is 0 Å². The third kappa shape index (κ3) is 5.34. The average molecular weight is 544 g/mol. The molecular weight excluding hydrogens is 523 g/mol. The van der Waals surface area contributed by atoms with Crippen LogP contribution in [0.25, 0.3) is 10.6 Å². The van der Waals surface area contributed by atoms with Gasteiger partial charge < -0.3 is 9.26 Å². The van der Waals surface area contributed by atoms with E-state index in [4.69, 9.17) is 4.74 Å². The molecule has 0 amide bonds. The lowest BCUT2D eigenvalue weighted by atomic mass is 10.1. The van der Waals surface area contributed by atoms with Crippen molar-refractivity contribution in [3.63, 3.8) is 0 Å². The lowest BCUT2D eigenvalue weighted by Crippen LogP contribution is -2.45. The minimum Gasteiger partial charge on any atom is -0.459 e. The number of non-ortho nitro benzene ring substituents is 1. The van der Waals surface area contributed by atoms with Gasteiger partial charge in [0.15, 0.2) is 0 Å². The number of nitro groups is 1. The molecule has 0 spiro atoms. The minimum atomic E-state index is -4.69. The second kappa shape index (κ2) is 9.09. The van der Waals surface area contributed by atoms with Gasteiger partial charge in [-0.25, -0.2) is 13.7 Å². The van der Waals surface area contributed by atoms with Gasteiger partial charge in [-0.15, -0.1) is 11.3 Å². The zero-order chi connectivity index (χ0) is 26.5. The second-order valence-electron chi connectivity index (χ2n) is 9.15. The van der Waals surface area contributed by atoms with Crippen LogP contribution in [0.5, 0.6) is 0 Å². The standard InChI is InChI=1S/C22H20F3N3O6S2/c1-20(2,3)33-19(29)21(11-14(21)12-5-4-6-13(9-12)28(30)31)27-36(32)18-8-7-16(35-18)15-10-17(34-26-15)22(23,24)25/h4-10,14,27H,11H2,1-3H3. The largest absolute Gasteiger partial charge is 0.459 e. The second-order valence-corrected chi connectivity index (χ2v) is 11.7. The Hall–Kier alpha value is -3.10. The van der Waals surface area contributed by atoms with Crippen LogP contribution in [0.2, 0.25) is 0 Å². The number of aromatic nitrogens is 1. The maximum atomic E-state index is 13.2. The zero-order valence-electron chi connectivity index (χ0n) is 19.1. The molecule has 1 aliphatic carbocycles. The van der Waals surface area contributed by atoms with Crippen molar-refractivity contribution >= 4 is 34.0 Å². The predicted octanol–water partition coefficient (Wildman–Crippen LogP) is 5.21. The topological polar surface area (TPSA) is 125 Å². The van der Waals surface area contributed by atoms with Gasteiger partial charge in [-0.3, -0.25) is 10.1 Å². The Morgan fingerprint density at radius 3 is 2.61 bits per heavy atom. The van der Waals surface area contributed by atoms with E-state index in [1.165, 1.54) is 30.3 Å². The number of benzene rings is 1. The molecule has 14 heteroatoms. The van der Waals surface area contributed by atoms with E-state index in [0.717, 1.165) is 17.4 Å². The van der Waals surface area contributed by atoms with E-state index >= 15 is 0 Å². The van der Waals surface area contributed by atoms with E-state index in [0.29, 0.717) is 5.56 Å². The summed E-state index contributed by atoms with van der Waals surface area (Å²) in [7, 11) is -1.96. The van der Waals surface area contributed by atoms with Gasteiger partial charge >= 0.3 is 12.1 Å².